The molecule has 2 aromatic rings. The van der Waals surface area contributed by atoms with E-state index in [0.29, 0.717) is 56.1 Å². The average molecular weight is 541 g/mol. The number of aryl methyl sites for hydroxylation is 1. The quantitative estimate of drug-likeness (QED) is 0.395. The van der Waals surface area contributed by atoms with E-state index in [0.717, 1.165) is 42.5 Å². The number of carbonyl (C=O) groups is 1. The van der Waals surface area contributed by atoms with Crippen LogP contribution in [0.2, 0.25) is 0 Å². The number of nitrogens with one attached hydrogen (secondary N) is 2. The number of anilines is 1. The number of amidine groups is 1. The Morgan fingerprint density at radius 3 is 2.62 bits per heavy atom. The van der Waals surface area contributed by atoms with Gasteiger partial charge in [0.05, 0.1) is 12.7 Å². The number of hydrogen-bond acceptors (Lipinski definition) is 5. The lowest BCUT2D eigenvalue weighted by Gasteiger charge is -2.38. The van der Waals surface area contributed by atoms with Gasteiger partial charge in [-0.3, -0.25) is 14.9 Å². The van der Waals surface area contributed by atoms with Crippen LogP contribution >= 0.6 is 0 Å². The van der Waals surface area contributed by atoms with E-state index in [9.17, 15) is 19.0 Å². The van der Waals surface area contributed by atoms with E-state index in [1.807, 2.05) is 31.0 Å². The van der Waals surface area contributed by atoms with Crippen LogP contribution in [0.3, 0.4) is 0 Å². The minimum absolute atomic E-state index is 0.0315. The first-order valence-electron chi connectivity index (χ1n) is 13.9. The summed E-state index contributed by atoms with van der Waals surface area (Å²) in [7, 11) is 0. The molecule has 0 unspecified atom stereocenters. The third kappa shape index (κ3) is 5.71. The summed E-state index contributed by atoms with van der Waals surface area (Å²) in [6, 6.07) is 3.81. The number of benzene rings is 1. The number of alkyl halides is 2. The highest BCUT2D eigenvalue weighted by molar-refractivity contribution is 6.09. The molecule has 210 valence electrons. The fourth-order valence-corrected chi connectivity index (χ4v) is 5.73. The van der Waals surface area contributed by atoms with E-state index in [1.165, 1.54) is 0 Å². The zero-order valence-corrected chi connectivity index (χ0v) is 23.0. The highest BCUT2D eigenvalue weighted by atomic mass is 19.3. The van der Waals surface area contributed by atoms with Gasteiger partial charge in [-0.15, -0.1) is 0 Å². The van der Waals surface area contributed by atoms with Gasteiger partial charge in [-0.1, -0.05) is 0 Å². The molecule has 3 aliphatic heterocycles. The predicted octanol–water partition coefficient (Wildman–Crippen LogP) is 5.07. The Kier molecular flexibility index (Phi) is 8.02. The molecule has 8 nitrogen and oxygen atoms in total. The summed E-state index contributed by atoms with van der Waals surface area (Å²) >= 11 is 0. The first-order chi connectivity index (χ1) is 18.7. The van der Waals surface area contributed by atoms with E-state index in [-0.39, 0.29) is 29.4 Å². The molecule has 2 N–H and O–H groups in total. The predicted molar refractivity (Wildman–Crippen MR) is 147 cm³/mol. The Bertz CT molecular complexity index is 1260. The van der Waals surface area contributed by atoms with E-state index in [2.05, 4.69) is 10.4 Å². The molecular weight excluding hydrogens is 502 g/mol. The number of amides is 1. The van der Waals surface area contributed by atoms with Gasteiger partial charge in [0.25, 0.3) is 6.43 Å². The van der Waals surface area contributed by atoms with Crippen molar-refractivity contribution in [3.8, 4) is 11.1 Å². The Morgan fingerprint density at radius 1 is 1.18 bits per heavy atom. The summed E-state index contributed by atoms with van der Waals surface area (Å²) in [4.78, 5) is 15.9. The molecule has 0 spiro atoms. The maximum Gasteiger partial charge on any atom is 0.264 e. The summed E-state index contributed by atoms with van der Waals surface area (Å²) in [5.41, 5.74) is 4.44. The molecule has 10 heteroatoms. The lowest BCUT2D eigenvalue weighted by Crippen LogP contribution is -2.46. The van der Waals surface area contributed by atoms with E-state index < -0.39 is 6.43 Å². The number of carbonyl (C=O) groups excluding carboxylic acids is 1. The topological polar surface area (TPSA) is 86.5 Å². The first kappa shape index (κ1) is 27.3. The van der Waals surface area contributed by atoms with Gasteiger partial charge in [-0.2, -0.15) is 5.10 Å². The van der Waals surface area contributed by atoms with Gasteiger partial charge in [0.1, 0.15) is 5.84 Å². The van der Waals surface area contributed by atoms with Crippen molar-refractivity contribution in [2.24, 2.45) is 0 Å². The Balaban J connectivity index is 1.51. The van der Waals surface area contributed by atoms with Crippen LogP contribution in [0, 0.1) is 5.41 Å². The SMILES string of the molecule is CC(=O)N1CCC(NC2CCOCC2)=C(C(=N)N2CCCc3cc(-c4cnn(C(C)C)c4)c(C(F)F)cc32)C1. The minimum Gasteiger partial charge on any atom is -0.385 e. The maximum atomic E-state index is 14.4. The highest BCUT2D eigenvalue weighted by Gasteiger charge is 2.31. The number of nitrogens with zero attached hydrogens (tertiary/aromatic N) is 4. The molecule has 39 heavy (non-hydrogen) atoms. The van der Waals surface area contributed by atoms with Crippen molar-refractivity contribution in [3.05, 3.63) is 46.9 Å². The number of aromatic nitrogens is 2. The molecule has 4 heterocycles. The summed E-state index contributed by atoms with van der Waals surface area (Å²) in [6.07, 6.45) is 4.77. The van der Waals surface area contributed by atoms with Crippen LogP contribution in [0.15, 0.2) is 35.8 Å². The van der Waals surface area contributed by atoms with Crippen molar-refractivity contribution in [2.45, 2.75) is 71.4 Å². The van der Waals surface area contributed by atoms with Gasteiger partial charge < -0.3 is 19.9 Å². The largest absolute Gasteiger partial charge is 0.385 e. The molecule has 0 aliphatic carbocycles. The molecule has 1 fully saturated rings. The second-order valence-corrected chi connectivity index (χ2v) is 11.0. The molecule has 5 rings (SSSR count). The molecule has 1 aromatic carbocycles. The molecular formula is C29H38F2N6O2. The smallest absolute Gasteiger partial charge is 0.264 e. The van der Waals surface area contributed by atoms with Crippen molar-refractivity contribution in [1.82, 2.24) is 20.0 Å². The normalized spacial score (nSPS) is 18.6. The molecule has 3 aliphatic rings. The van der Waals surface area contributed by atoms with E-state index in [4.69, 9.17) is 4.74 Å². The van der Waals surface area contributed by atoms with Gasteiger partial charge in [0, 0.05) is 86.0 Å². The monoisotopic (exact) mass is 540 g/mol. The fourth-order valence-electron chi connectivity index (χ4n) is 5.73. The zero-order chi connectivity index (χ0) is 27.7. The number of rotatable bonds is 6. The van der Waals surface area contributed by atoms with Crippen LogP contribution in [0.5, 0.6) is 0 Å². The average Bonchev–Trinajstić information content (AvgIpc) is 3.43. The molecule has 0 saturated carbocycles. The Morgan fingerprint density at radius 2 is 1.95 bits per heavy atom. The van der Waals surface area contributed by atoms with Crippen LogP contribution in [0.1, 0.15) is 70.0 Å². The second-order valence-electron chi connectivity index (χ2n) is 11.0. The van der Waals surface area contributed by atoms with Crippen molar-refractivity contribution >= 4 is 17.4 Å². The summed E-state index contributed by atoms with van der Waals surface area (Å²) in [5, 5.41) is 17.3. The summed E-state index contributed by atoms with van der Waals surface area (Å²) < 4.78 is 36.1. The number of fused-ring (bicyclic) bond motifs is 1. The lowest BCUT2D eigenvalue weighted by atomic mass is 9.92. The standard InChI is InChI=1S/C29H38F2N6O2/c1-18(2)37-16-21(15-33-37)23-13-20-5-4-9-36(27(20)14-24(23)28(30)31)29(32)25-17-35(19(3)38)10-6-26(25)34-22-7-11-39-12-8-22/h13-16,18,22,28,32,34H,4-12,17H2,1-3H3. The van der Waals surface area contributed by atoms with Crippen LogP contribution in [-0.4, -0.2) is 65.3 Å². The second kappa shape index (κ2) is 11.5. The van der Waals surface area contributed by atoms with Crippen molar-refractivity contribution in [1.29, 1.82) is 5.41 Å². The fraction of sp³-hybridized carbons (Fsp3) is 0.552. The third-order valence-corrected chi connectivity index (χ3v) is 7.99. The summed E-state index contributed by atoms with van der Waals surface area (Å²) in [5.74, 6) is 0.244. The highest BCUT2D eigenvalue weighted by Crippen LogP contribution is 2.40. The Labute approximate surface area is 228 Å². The van der Waals surface area contributed by atoms with Crippen molar-refractivity contribution in [3.63, 3.8) is 0 Å². The molecule has 1 aromatic heterocycles. The van der Waals surface area contributed by atoms with Crippen LogP contribution in [0.4, 0.5) is 14.5 Å². The van der Waals surface area contributed by atoms with Gasteiger partial charge in [0.15, 0.2) is 0 Å². The molecule has 1 saturated heterocycles. The van der Waals surface area contributed by atoms with Crippen LogP contribution < -0.4 is 10.2 Å². The minimum atomic E-state index is -2.67. The van der Waals surface area contributed by atoms with Crippen LogP contribution in [-0.2, 0) is 16.0 Å². The molecule has 0 atom stereocenters. The third-order valence-electron chi connectivity index (χ3n) is 7.99. The van der Waals surface area contributed by atoms with Gasteiger partial charge in [-0.25, -0.2) is 8.78 Å². The maximum absolute atomic E-state index is 14.4. The van der Waals surface area contributed by atoms with Gasteiger partial charge >= 0.3 is 0 Å². The zero-order valence-electron chi connectivity index (χ0n) is 23.0. The Hall–Kier alpha value is -3.27. The number of ether oxygens (including phenoxy) is 1. The van der Waals surface area contributed by atoms with Crippen molar-refractivity contribution < 1.29 is 18.3 Å². The molecule has 0 radical (unpaired) electrons. The molecule has 1 amide bonds. The van der Waals surface area contributed by atoms with Gasteiger partial charge in [-0.05, 0) is 62.8 Å². The van der Waals surface area contributed by atoms with Crippen molar-refractivity contribution in [2.75, 3.05) is 37.7 Å². The summed E-state index contributed by atoms with van der Waals surface area (Å²) in [6.45, 7) is 8.44. The number of hydrogen-bond donors (Lipinski definition) is 2. The van der Waals surface area contributed by atoms with Gasteiger partial charge in [0.2, 0.25) is 5.91 Å². The van der Waals surface area contributed by atoms with E-state index in [1.54, 1.807) is 28.8 Å². The molecule has 0 bridgehead atoms. The first-order valence-corrected chi connectivity index (χ1v) is 13.9. The van der Waals surface area contributed by atoms with E-state index >= 15 is 0 Å². The lowest BCUT2D eigenvalue weighted by molar-refractivity contribution is -0.128. The number of halogens is 2. The van der Waals surface area contributed by atoms with Crippen LogP contribution in [0.25, 0.3) is 11.1 Å².